The lowest BCUT2D eigenvalue weighted by Gasteiger charge is -2.08. The van der Waals surface area contributed by atoms with E-state index in [0.717, 1.165) is 14.9 Å². The highest BCUT2D eigenvalue weighted by Crippen LogP contribution is 2.18. The minimum atomic E-state index is -0.360. The van der Waals surface area contributed by atoms with Gasteiger partial charge < -0.3 is 5.11 Å². The van der Waals surface area contributed by atoms with E-state index >= 15 is 0 Å². The molecule has 2 rings (SSSR count). The summed E-state index contributed by atoms with van der Waals surface area (Å²) >= 11 is 0. The lowest BCUT2D eigenvalue weighted by molar-refractivity contribution is 0.281. The van der Waals surface area contributed by atoms with Crippen molar-refractivity contribution in [2.24, 2.45) is 7.05 Å². The molecule has 2 aromatic rings. The molecular formula is C11H12N4O2. The van der Waals surface area contributed by atoms with E-state index in [9.17, 15) is 9.90 Å². The predicted octanol–water partition coefficient (Wildman–Crippen LogP) is 0.101. The van der Waals surface area contributed by atoms with Gasteiger partial charge in [0.25, 0.3) is 0 Å². The van der Waals surface area contributed by atoms with Gasteiger partial charge in [0, 0.05) is 12.6 Å². The number of hydrogen-bond acceptors (Lipinski definition) is 4. The third-order valence-corrected chi connectivity index (χ3v) is 2.52. The Morgan fingerprint density at radius 2 is 2.24 bits per heavy atom. The number of nitrogens with zero attached hydrogens (tertiary/aromatic N) is 4. The van der Waals surface area contributed by atoms with Crippen molar-refractivity contribution in [1.82, 2.24) is 19.8 Å². The van der Waals surface area contributed by atoms with E-state index in [2.05, 4.69) is 17.0 Å². The molecular weight excluding hydrogens is 220 g/mol. The van der Waals surface area contributed by atoms with Crippen LogP contribution in [0.4, 0.5) is 0 Å². The van der Waals surface area contributed by atoms with Crippen LogP contribution < -0.4 is 5.69 Å². The Balaban J connectivity index is 2.71. The van der Waals surface area contributed by atoms with E-state index in [1.165, 1.54) is 7.05 Å². The van der Waals surface area contributed by atoms with E-state index in [1.807, 2.05) is 6.07 Å². The molecule has 0 saturated carbocycles. The first-order valence-electron chi connectivity index (χ1n) is 5.03. The molecule has 0 radical (unpaired) electrons. The molecule has 1 aromatic carbocycles. The average Bonchev–Trinajstić information content (AvgIpc) is 2.69. The fourth-order valence-electron chi connectivity index (χ4n) is 1.62. The molecule has 1 N–H and O–H groups in total. The molecule has 0 saturated heterocycles. The van der Waals surface area contributed by atoms with Gasteiger partial charge in [-0.15, -0.1) is 0 Å². The highest BCUT2D eigenvalue weighted by atomic mass is 16.3. The van der Waals surface area contributed by atoms with Crippen molar-refractivity contribution >= 4 is 6.08 Å². The molecule has 0 fully saturated rings. The molecule has 0 atom stereocenters. The first kappa shape index (κ1) is 11.3. The number of tetrazole rings is 1. The molecule has 88 valence electrons. The van der Waals surface area contributed by atoms with Crippen LogP contribution in [0, 0.1) is 0 Å². The lowest BCUT2D eigenvalue weighted by Crippen LogP contribution is -2.23. The second kappa shape index (κ2) is 4.34. The second-order valence-electron chi connectivity index (χ2n) is 3.50. The standard InChI is InChI=1S/C11H12N4O2/c1-3-8-5-4-6-10(9(8)7-16)15-11(17)14(2)12-13-15/h3-6,16H,1,7H2,2H3. The summed E-state index contributed by atoms with van der Waals surface area (Å²) < 4.78 is 2.28. The summed E-state index contributed by atoms with van der Waals surface area (Å²) in [7, 11) is 1.52. The minimum Gasteiger partial charge on any atom is -0.392 e. The highest BCUT2D eigenvalue weighted by molar-refractivity contribution is 5.58. The Hall–Kier alpha value is -2.21. The first-order valence-corrected chi connectivity index (χ1v) is 5.03. The first-order chi connectivity index (χ1) is 8.19. The largest absolute Gasteiger partial charge is 0.392 e. The molecule has 6 nitrogen and oxygen atoms in total. The summed E-state index contributed by atoms with van der Waals surface area (Å²) in [6.45, 7) is 3.47. The molecule has 0 unspecified atom stereocenters. The maximum Gasteiger partial charge on any atom is 0.368 e. The summed E-state index contributed by atoms with van der Waals surface area (Å²) in [6, 6.07) is 5.28. The van der Waals surface area contributed by atoms with Crippen LogP contribution in [0.3, 0.4) is 0 Å². The van der Waals surface area contributed by atoms with Crippen LogP contribution in [0.15, 0.2) is 29.6 Å². The summed E-state index contributed by atoms with van der Waals surface area (Å²) in [6.07, 6.45) is 1.62. The Bertz CT molecular complexity index is 612. The maximum absolute atomic E-state index is 11.7. The van der Waals surface area contributed by atoms with Crippen LogP contribution in [0.5, 0.6) is 0 Å². The van der Waals surface area contributed by atoms with Crippen LogP contribution in [0.1, 0.15) is 11.1 Å². The van der Waals surface area contributed by atoms with Crippen molar-refractivity contribution in [2.45, 2.75) is 6.61 Å². The number of aliphatic hydroxyl groups excluding tert-OH is 1. The Morgan fingerprint density at radius 1 is 1.47 bits per heavy atom. The zero-order chi connectivity index (χ0) is 12.4. The molecule has 17 heavy (non-hydrogen) atoms. The molecule has 0 aliphatic rings. The zero-order valence-electron chi connectivity index (χ0n) is 9.37. The fourth-order valence-corrected chi connectivity index (χ4v) is 1.62. The molecule has 1 aromatic heterocycles. The summed E-state index contributed by atoms with van der Waals surface area (Å²) in [5.41, 5.74) is 1.52. The Kier molecular flexibility index (Phi) is 2.88. The van der Waals surface area contributed by atoms with Crippen LogP contribution in [-0.4, -0.2) is 24.9 Å². The van der Waals surface area contributed by atoms with Gasteiger partial charge >= 0.3 is 5.69 Å². The molecule has 0 spiro atoms. The molecule has 0 aliphatic heterocycles. The van der Waals surface area contributed by atoms with Gasteiger partial charge in [-0.1, -0.05) is 24.8 Å². The van der Waals surface area contributed by atoms with Crippen molar-refractivity contribution < 1.29 is 5.11 Å². The van der Waals surface area contributed by atoms with Crippen molar-refractivity contribution in [3.05, 3.63) is 46.4 Å². The topological polar surface area (TPSA) is 72.9 Å². The minimum absolute atomic E-state index is 0.194. The molecule has 6 heteroatoms. The number of rotatable bonds is 3. The average molecular weight is 232 g/mol. The van der Waals surface area contributed by atoms with E-state index in [1.54, 1.807) is 18.2 Å². The van der Waals surface area contributed by atoms with Gasteiger partial charge in [0.15, 0.2) is 0 Å². The monoisotopic (exact) mass is 232 g/mol. The van der Waals surface area contributed by atoms with Crippen LogP contribution in [-0.2, 0) is 13.7 Å². The van der Waals surface area contributed by atoms with Gasteiger partial charge in [0.2, 0.25) is 0 Å². The number of hydrogen-bond donors (Lipinski definition) is 1. The quantitative estimate of drug-likeness (QED) is 0.814. The van der Waals surface area contributed by atoms with Gasteiger partial charge in [0.1, 0.15) is 0 Å². The smallest absolute Gasteiger partial charge is 0.368 e. The van der Waals surface area contributed by atoms with E-state index in [0.29, 0.717) is 11.3 Å². The SMILES string of the molecule is C=Cc1cccc(-n2nnn(C)c2=O)c1CO. The van der Waals surface area contributed by atoms with Crippen molar-refractivity contribution in [3.8, 4) is 5.69 Å². The van der Waals surface area contributed by atoms with Gasteiger partial charge in [-0.2, -0.15) is 9.36 Å². The number of aromatic nitrogens is 4. The van der Waals surface area contributed by atoms with Crippen molar-refractivity contribution in [3.63, 3.8) is 0 Å². The molecule has 0 aliphatic carbocycles. The second-order valence-corrected chi connectivity index (χ2v) is 3.50. The van der Waals surface area contributed by atoms with Gasteiger partial charge in [-0.05, 0) is 22.1 Å². The maximum atomic E-state index is 11.7. The molecule has 0 amide bonds. The van der Waals surface area contributed by atoms with E-state index < -0.39 is 0 Å². The molecule has 0 bridgehead atoms. The van der Waals surface area contributed by atoms with Crippen LogP contribution >= 0.6 is 0 Å². The highest BCUT2D eigenvalue weighted by Gasteiger charge is 2.12. The number of aliphatic hydroxyl groups is 1. The van der Waals surface area contributed by atoms with E-state index in [4.69, 9.17) is 0 Å². The third-order valence-electron chi connectivity index (χ3n) is 2.52. The van der Waals surface area contributed by atoms with Gasteiger partial charge in [-0.25, -0.2) is 4.79 Å². The zero-order valence-corrected chi connectivity index (χ0v) is 9.37. The predicted molar refractivity (Wildman–Crippen MR) is 62.6 cm³/mol. The summed E-state index contributed by atoms with van der Waals surface area (Å²) in [4.78, 5) is 11.7. The van der Waals surface area contributed by atoms with Gasteiger partial charge in [-0.3, -0.25) is 0 Å². The fraction of sp³-hybridized carbons (Fsp3) is 0.182. The number of aryl methyl sites for hydroxylation is 1. The normalized spacial score (nSPS) is 10.5. The Labute approximate surface area is 97.4 Å². The molecule has 1 heterocycles. The van der Waals surface area contributed by atoms with Crippen molar-refractivity contribution in [2.75, 3.05) is 0 Å². The number of benzene rings is 1. The third kappa shape index (κ3) is 1.78. The lowest BCUT2D eigenvalue weighted by atomic mass is 10.1. The van der Waals surface area contributed by atoms with Crippen LogP contribution in [0.25, 0.3) is 11.8 Å². The van der Waals surface area contributed by atoms with E-state index in [-0.39, 0.29) is 12.3 Å². The summed E-state index contributed by atoms with van der Waals surface area (Å²) in [5.74, 6) is 0. The van der Waals surface area contributed by atoms with Gasteiger partial charge in [0.05, 0.1) is 12.3 Å². The van der Waals surface area contributed by atoms with Crippen LogP contribution in [0.2, 0.25) is 0 Å². The Morgan fingerprint density at radius 3 is 2.76 bits per heavy atom. The summed E-state index contributed by atoms with van der Waals surface area (Å²) in [5, 5.41) is 16.7. The van der Waals surface area contributed by atoms with Crippen molar-refractivity contribution in [1.29, 1.82) is 0 Å².